The maximum atomic E-state index is 12.5. The molecule has 2 fully saturated rings. The minimum atomic E-state index is -0.478. The van der Waals surface area contributed by atoms with Gasteiger partial charge in [0.25, 0.3) is 11.8 Å². The summed E-state index contributed by atoms with van der Waals surface area (Å²) >= 11 is 0. The van der Waals surface area contributed by atoms with E-state index in [9.17, 15) is 14.4 Å². The van der Waals surface area contributed by atoms with Crippen molar-refractivity contribution in [3.05, 3.63) is 65.2 Å². The normalized spacial score (nSPS) is 18.4. The highest BCUT2D eigenvalue weighted by atomic mass is 16.5. The zero-order chi connectivity index (χ0) is 25.7. The molecule has 8 heteroatoms. The summed E-state index contributed by atoms with van der Waals surface area (Å²) < 4.78 is 4.65. The molecule has 0 atom stereocenters. The highest BCUT2D eigenvalue weighted by Crippen LogP contribution is 2.37. The fraction of sp³-hybridized carbons (Fsp3) is 0.464. The summed E-state index contributed by atoms with van der Waals surface area (Å²) in [5.41, 5.74) is 7.57. The minimum absolute atomic E-state index is 0.314. The number of rotatable bonds is 5. The molecule has 2 aliphatic rings. The smallest absolute Gasteiger partial charge is 0.337 e. The van der Waals surface area contributed by atoms with E-state index >= 15 is 0 Å². The number of anilines is 1. The van der Waals surface area contributed by atoms with E-state index in [-0.39, 0.29) is 0 Å². The number of nitrogens with zero attached hydrogens (tertiary/aromatic N) is 2. The van der Waals surface area contributed by atoms with Gasteiger partial charge in [-0.25, -0.2) is 4.79 Å². The molecule has 0 unspecified atom stereocenters. The number of benzene rings is 2. The van der Waals surface area contributed by atoms with Gasteiger partial charge in [-0.2, -0.15) is 0 Å². The van der Waals surface area contributed by atoms with E-state index in [0.29, 0.717) is 28.1 Å². The lowest BCUT2D eigenvalue weighted by Gasteiger charge is -2.44. The standard InChI is InChI=1S/C28H36N4O4/c1-28(2)14-12-24(13-15-28)32-18-16-31(17-19-32)23-10-8-21(9-11-23)26(34)30-29-25(33)20-4-6-22(7-5-20)27(35)36-3/h4-11,24H,12-19H2,1-3H3,(H,29,33)(H,30,34). The SMILES string of the molecule is COC(=O)c1ccc(C(=O)NNC(=O)c2ccc(N3CCN(C4CCC(C)(C)CC4)CC3)cc2)cc1. The maximum absolute atomic E-state index is 12.5. The number of hydrogen-bond donors (Lipinski definition) is 2. The molecular weight excluding hydrogens is 456 g/mol. The highest BCUT2D eigenvalue weighted by Gasteiger charge is 2.31. The number of esters is 1. The number of carbonyl (C=O) groups is 3. The summed E-state index contributed by atoms with van der Waals surface area (Å²) in [4.78, 5) is 41.3. The molecule has 1 saturated heterocycles. The average Bonchev–Trinajstić information content (AvgIpc) is 2.91. The second kappa shape index (κ2) is 11.1. The van der Waals surface area contributed by atoms with Gasteiger partial charge >= 0.3 is 5.97 Å². The van der Waals surface area contributed by atoms with Crippen molar-refractivity contribution in [2.24, 2.45) is 5.41 Å². The third-order valence-corrected chi connectivity index (χ3v) is 7.49. The second-order valence-corrected chi connectivity index (χ2v) is 10.4. The Morgan fingerprint density at radius 3 is 1.75 bits per heavy atom. The first kappa shape index (κ1) is 25.7. The Labute approximate surface area is 213 Å². The maximum Gasteiger partial charge on any atom is 0.337 e. The molecule has 192 valence electrons. The fourth-order valence-electron chi connectivity index (χ4n) is 5.05. The molecule has 1 aliphatic carbocycles. The number of ether oxygens (including phenoxy) is 1. The molecule has 0 aromatic heterocycles. The van der Waals surface area contributed by atoms with Crippen molar-refractivity contribution >= 4 is 23.5 Å². The molecule has 0 spiro atoms. The molecule has 1 heterocycles. The summed E-state index contributed by atoms with van der Waals surface area (Å²) in [6.45, 7) is 8.86. The molecule has 2 amide bonds. The quantitative estimate of drug-likeness (QED) is 0.489. The van der Waals surface area contributed by atoms with Crippen molar-refractivity contribution in [3.63, 3.8) is 0 Å². The highest BCUT2D eigenvalue weighted by molar-refractivity contribution is 5.99. The molecule has 2 aromatic rings. The van der Waals surface area contributed by atoms with Crippen LogP contribution < -0.4 is 15.8 Å². The van der Waals surface area contributed by atoms with Crippen LogP contribution in [0.1, 0.15) is 70.6 Å². The van der Waals surface area contributed by atoms with Crippen LogP contribution in [0.5, 0.6) is 0 Å². The molecule has 2 N–H and O–H groups in total. The number of nitrogens with one attached hydrogen (secondary N) is 2. The molecule has 8 nitrogen and oxygen atoms in total. The molecule has 1 saturated carbocycles. The first-order valence-corrected chi connectivity index (χ1v) is 12.6. The van der Waals surface area contributed by atoms with Gasteiger partial charge in [0.15, 0.2) is 0 Å². The fourth-order valence-corrected chi connectivity index (χ4v) is 5.05. The van der Waals surface area contributed by atoms with Crippen molar-refractivity contribution in [1.82, 2.24) is 15.8 Å². The van der Waals surface area contributed by atoms with E-state index in [2.05, 4.69) is 39.2 Å². The molecule has 0 radical (unpaired) electrons. The van der Waals surface area contributed by atoms with Gasteiger partial charge in [-0.05, 0) is 79.6 Å². The summed E-state index contributed by atoms with van der Waals surface area (Å²) in [5, 5.41) is 0. The number of hydrazine groups is 1. The minimum Gasteiger partial charge on any atom is -0.465 e. The van der Waals surface area contributed by atoms with Gasteiger partial charge in [0.05, 0.1) is 12.7 Å². The second-order valence-electron chi connectivity index (χ2n) is 10.4. The van der Waals surface area contributed by atoms with Crippen LogP contribution in [0.3, 0.4) is 0 Å². The summed E-state index contributed by atoms with van der Waals surface area (Å²) in [6.07, 6.45) is 5.21. The summed E-state index contributed by atoms with van der Waals surface area (Å²) in [7, 11) is 1.30. The number of hydrogen-bond acceptors (Lipinski definition) is 6. The summed E-state index contributed by atoms with van der Waals surface area (Å²) in [6, 6.07) is 14.2. The third kappa shape index (κ3) is 6.23. The lowest BCUT2D eigenvalue weighted by Crippen LogP contribution is -2.51. The van der Waals surface area contributed by atoms with Crippen LogP contribution in [-0.4, -0.2) is 62.0 Å². The Bertz CT molecular complexity index is 1060. The first-order valence-electron chi connectivity index (χ1n) is 12.6. The van der Waals surface area contributed by atoms with E-state index in [1.165, 1.54) is 57.1 Å². The van der Waals surface area contributed by atoms with Gasteiger partial charge in [0, 0.05) is 49.0 Å². The zero-order valence-corrected chi connectivity index (χ0v) is 21.4. The van der Waals surface area contributed by atoms with Crippen molar-refractivity contribution < 1.29 is 19.1 Å². The van der Waals surface area contributed by atoms with Crippen LogP contribution in [-0.2, 0) is 4.74 Å². The number of methoxy groups -OCH3 is 1. The third-order valence-electron chi connectivity index (χ3n) is 7.49. The molecule has 2 aromatic carbocycles. The Balaban J connectivity index is 1.24. The van der Waals surface area contributed by atoms with Crippen LogP contribution in [0.2, 0.25) is 0 Å². The zero-order valence-electron chi connectivity index (χ0n) is 21.4. The van der Waals surface area contributed by atoms with Crippen LogP contribution in [0.25, 0.3) is 0 Å². The Hall–Kier alpha value is -3.39. The van der Waals surface area contributed by atoms with Crippen LogP contribution in [0, 0.1) is 5.41 Å². The van der Waals surface area contributed by atoms with Crippen molar-refractivity contribution in [3.8, 4) is 0 Å². The van der Waals surface area contributed by atoms with Gasteiger partial charge in [-0.1, -0.05) is 13.8 Å². The van der Waals surface area contributed by atoms with Gasteiger partial charge in [0.2, 0.25) is 0 Å². The van der Waals surface area contributed by atoms with E-state index < -0.39 is 17.8 Å². The number of carbonyl (C=O) groups excluding carboxylic acids is 3. The van der Waals surface area contributed by atoms with Crippen molar-refractivity contribution in [2.75, 3.05) is 38.2 Å². The summed E-state index contributed by atoms with van der Waals surface area (Å²) in [5.74, 6) is -1.35. The van der Waals surface area contributed by atoms with Crippen LogP contribution in [0.4, 0.5) is 5.69 Å². The van der Waals surface area contributed by atoms with E-state index in [1.807, 2.05) is 12.1 Å². The predicted molar refractivity (Wildman–Crippen MR) is 139 cm³/mol. The van der Waals surface area contributed by atoms with E-state index in [0.717, 1.165) is 31.9 Å². The molecular formula is C28H36N4O4. The largest absolute Gasteiger partial charge is 0.465 e. The van der Waals surface area contributed by atoms with Crippen molar-refractivity contribution in [2.45, 2.75) is 45.6 Å². The van der Waals surface area contributed by atoms with Crippen LogP contribution in [0.15, 0.2) is 48.5 Å². The Kier molecular flexibility index (Phi) is 7.94. The van der Waals surface area contributed by atoms with Crippen LogP contribution >= 0.6 is 0 Å². The van der Waals surface area contributed by atoms with E-state index in [4.69, 9.17) is 0 Å². The van der Waals surface area contributed by atoms with Crippen molar-refractivity contribution in [1.29, 1.82) is 0 Å². The molecule has 4 rings (SSSR count). The first-order chi connectivity index (χ1) is 17.3. The van der Waals surface area contributed by atoms with Gasteiger partial charge in [0.1, 0.15) is 0 Å². The Morgan fingerprint density at radius 2 is 1.25 bits per heavy atom. The van der Waals surface area contributed by atoms with Gasteiger partial charge in [-0.15, -0.1) is 0 Å². The monoisotopic (exact) mass is 492 g/mol. The molecule has 36 heavy (non-hydrogen) atoms. The predicted octanol–water partition coefficient (Wildman–Crippen LogP) is 3.64. The Morgan fingerprint density at radius 1 is 0.778 bits per heavy atom. The average molecular weight is 493 g/mol. The van der Waals surface area contributed by atoms with E-state index in [1.54, 1.807) is 12.1 Å². The topological polar surface area (TPSA) is 91.0 Å². The lowest BCUT2D eigenvalue weighted by atomic mass is 9.75. The number of piperazine rings is 1. The molecule has 1 aliphatic heterocycles. The molecule has 0 bridgehead atoms. The van der Waals surface area contributed by atoms with Gasteiger partial charge in [-0.3, -0.25) is 25.3 Å². The van der Waals surface area contributed by atoms with Gasteiger partial charge < -0.3 is 9.64 Å². The lowest BCUT2D eigenvalue weighted by molar-refractivity contribution is 0.0600. The number of amides is 2.